The van der Waals surface area contributed by atoms with Crippen LogP contribution in [0, 0.1) is 0 Å². The molecule has 4 aromatic carbocycles. The number of esters is 1. The van der Waals surface area contributed by atoms with E-state index in [4.69, 9.17) is 32.8 Å². The molecule has 3 saturated heterocycles. The summed E-state index contributed by atoms with van der Waals surface area (Å²) in [7, 11) is -1.37. The lowest BCUT2D eigenvalue weighted by Gasteiger charge is -2.37. The summed E-state index contributed by atoms with van der Waals surface area (Å²) in [5, 5.41) is 5.68. The number of likely N-dealkylation sites (tertiary alicyclic amines) is 1. The van der Waals surface area contributed by atoms with Crippen LogP contribution in [0.25, 0.3) is 0 Å². The first-order chi connectivity index (χ1) is 31.7. The third-order valence-corrected chi connectivity index (χ3v) is 14.2. The summed E-state index contributed by atoms with van der Waals surface area (Å²) < 4.78 is 44.4. The van der Waals surface area contributed by atoms with Crippen molar-refractivity contribution >= 4 is 60.4 Å². The van der Waals surface area contributed by atoms with E-state index < -0.39 is 54.1 Å². The molecule has 4 aromatic rings. The molecule has 5 heterocycles. The van der Waals surface area contributed by atoms with E-state index in [1.54, 1.807) is 18.2 Å². The fraction of sp³-hybridized carbons (Fsp3) is 0.420. The standard InChI is InChI=1S/C50H55B2N3O12/c1-46(2)47(3,4)65-51(64-46)31-14-18-36-39(26-31)62-40-27-32(52-66-48(5,6)49(7,8)67-52)15-19-37(40)50(36)38-28-33(16-17-34(38)45(60)63-50)54-42(57)21-24-61-25-22-53-41(56)20-23-55-43(58)29-35(44(55)59)30-12-10-9-11-13-30/h9-19,26-28,35H,20-25,29H2,1-8H3,(H,53,56)(H,54,57). The van der Waals surface area contributed by atoms with E-state index in [0.29, 0.717) is 39.4 Å². The molecule has 1 unspecified atom stereocenters. The molecule has 0 radical (unpaired) electrons. The number of fused-ring (bicyclic) bond motifs is 6. The minimum absolute atomic E-state index is 0.00234. The monoisotopic (exact) mass is 911 g/mol. The van der Waals surface area contributed by atoms with Crippen molar-refractivity contribution < 1.29 is 56.8 Å². The van der Waals surface area contributed by atoms with Crippen LogP contribution in [0.2, 0.25) is 0 Å². The molecular weight excluding hydrogens is 856 g/mol. The molecule has 17 heteroatoms. The number of carbonyl (C=O) groups is 5. The number of imide groups is 1. The van der Waals surface area contributed by atoms with Gasteiger partial charge in [0.15, 0.2) is 5.60 Å². The molecule has 9 rings (SSSR count). The van der Waals surface area contributed by atoms with Gasteiger partial charge in [0.2, 0.25) is 23.6 Å². The Balaban J connectivity index is 0.872. The number of hydrogen-bond donors (Lipinski definition) is 2. The second-order valence-corrected chi connectivity index (χ2v) is 19.7. The molecule has 67 heavy (non-hydrogen) atoms. The van der Waals surface area contributed by atoms with Gasteiger partial charge in [0.25, 0.3) is 0 Å². The molecule has 348 valence electrons. The number of benzene rings is 4. The fourth-order valence-electron chi connectivity index (χ4n) is 9.00. The lowest BCUT2D eigenvalue weighted by Crippen LogP contribution is -2.41. The van der Waals surface area contributed by atoms with Crippen LogP contribution in [0.3, 0.4) is 0 Å². The molecule has 5 aliphatic rings. The van der Waals surface area contributed by atoms with Gasteiger partial charge in [-0.05, 0) is 102 Å². The molecule has 0 saturated carbocycles. The van der Waals surface area contributed by atoms with E-state index >= 15 is 0 Å². The Bertz CT molecular complexity index is 2550. The number of anilines is 1. The first-order valence-corrected chi connectivity index (χ1v) is 22.8. The molecule has 3 fully saturated rings. The van der Waals surface area contributed by atoms with Crippen LogP contribution < -0.4 is 26.3 Å². The third kappa shape index (κ3) is 8.34. The summed E-state index contributed by atoms with van der Waals surface area (Å²) in [6, 6.07) is 25.4. The second-order valence-electron chi connectivity index (χ2n) is 19.7. The van der Waals surface area contributed by atoms with Gasteiger partial charge < -0.3 is 43.5 Å². The van der Waals surface area contributed by atoms with E-state index in [1.165, 1.54) is 0 Å². The van der Waals surface area contributed by atoms with Gasteiger partial charge in [-0.15, -0.1) is 0 Å². The molecule has 1 atom stereocenters. The number of nitrogens with one attached hydrogen (secondary N) is 2. The number of rotatable bonds is 13. The zero-order chi connectivity index (χ0) is 47.7. The number of nitrogens with zero attached hydrogens (tertiary/aromatic N) is 1. The molecule has 0 aliphatic carbocycles. The Hall–Kier alpha value is -5.84. The van der Waals surface area contributed by atoms with Gasteiger partial charge in [-0.1, -0.05) is 54.6 Å². The molecule has 1 spiro atoms. The maximum absolute atomic E-state index is 13.9. The van der Waals surface area contributed by atoms with Gasteiger partial charge in [0.1, 0.15) is 11.5 Å². The maximum atomic E-state index is 13.9. The summed E-state index contributed by atoms with van der Waals surface area (Å²) in [5.74, 6) is -1.45. The molecule has 2 N–H and O–H groups in total. The van der Waals surface area contributed by atoms with E-state index in [-0.39, 0.29) is 69.2 Å². The summed E-state index contributed by atoms with van der Waals surface area (Å²) in [5.41, 5.74) is 0.884. The summed E-state index contributed by atoms with van der Waals surface area (Å²) in [6.07, 6.45) is 0.0642. The van der Waals surface area contributed by atoms with Gasteiger partial charge >= 0.3 is 20.2 Å². The van der Waals surface area contributed by atoms with Crippen molar-refractivity contribution in [1.29, 1.82) is 0 Å². The Morgan fingerprint density at radius 3 is 1.85 bits per heavy atom. The first kappa shape index (κ1) is 46.3. The predicted octanol–water partition coefficient (Wildman–Crippen LogP) is 5.25. The number of carbonyl (C=O) groups excluding carboxylic acids is 5. The minimum Gasteiger partial charge on any atom is -0.456 e. The maximum Gasteiger partial charge on any atom is 0.494 e. The van der Waals surface area contributed by atoms with Crippen molar-refractivity contribution in [3.8, 4) is 11.5 Å². The Kier molecular flexibility index (Phi) is 11.8. The zero-order valence-corrected chi connectivity index (χ0v) is 39.1. The van der Waals surface area contributed by atoms with Crippen LogP contribution in [0.1, 0.15) is 113 Å². The van der Waals surface area contributed by atoms with Crippen molar-refractivity contribution in [3.63, 3.8) is 0 Å². The van der Waals surface area contributed by atoms with E-state index in [9.17, 15) is 24.0 Å². The fourth-order valence-corrected chi connectivity index (χ4v) is 9.00. The van der Waals surface area contributed by atoms with Gasteiger partial charge in [0, 0.05) is 48.3 Å². The summed E-state index contributed by atoms with van der Waals surface area (Å²) in [4.78, 5) is 66.3. The molecule has 0 bridgehead atoms. The highest BCUT2D eigenvalue weighted by Crippen LogP contribution is 2.56. The zero-order valence-electron chi connectivity index (χ0n) is 39.1. The van der Waals surface area contributed by atoms with Crippen molar-refractivity contribution in [2.45, 2.75) is 109 Å². The van der Waals surface area contributed by atoms with Gasteiger partial charge in [-0.3, -0.25) is 24.1 Å². The first-order valence-electron chi connectivity index (χ1n) is 22.8. The molecule has 5 aliphatic heterocycles. The topological polar surface area (TPSA) is 177 Å². The van der Waals surface area contributed by atoms with Crippen LogP contribution in [0.4, 0.5) is 5.69 Å². The third-order valence-electron chi connectivity index (χ3n) is 14.2. The van der Waals surface area contributed by atoms with Crippen LogP contribution >= 0.6 is 0 Å². The highest BCUT2D eigenvalue weighted by Gasteiger charge is 2.57. The molecular formula is C50H55B2N3O12. The highest BCUT2D eigenvalue weighted by molar-refractivity contribution is 6.62. The Labute approximate surface area is 390 Å². The SMILES string of the molecule is CC1(C)OB(c2ccc3c(c2)Oc2cc(B4OC(C)(C)C(C)(C)O4)ccc2C32OC(=O)c3ccc(NC(=O)CCOCCNC(=O)CCN4C(=O)CC(c5ccccc5)C4=O)cc32)OC1(C)C. The van der Waals surface area contributed by atoms with Gasteiger partial charge in [0.05, 0.1) is 53.5 Å². The van der Waals surface area contributed by atoms with Crippen molar-refractivity contribution in [2.75, 3.05) is 31.6 Å². The van der Waals surface area contributed by atoms with E-state index in [1.807, 2.05) is 122 Å². The number of hydrogen-bond acceptors (Lipinski definition) is 12. The normalized spacial score (nSPS) is 21.2. The van der Waals surface area contributed by atoms with Crippen LogP contribution in [0.15, 0.2) is 84.9 Å². The van der Waals surface area contributed by atoms with Gasteiger partial charge in [-0.2, -0.15) is 0 Å². The molecule has 4 amide bonds. The number of amides is 4. The largest absolute Gasteiger partial charge is 0.494 e. The van der Waals surface area contributed by atoms with Crippen LogP contribution in [-0.4, -0.2) is 97.4 Å². The molecule has 15 nitrogen and oxygen atoms in total. The predicted molar refractivity (Wildman–Crippen MR) is 248 cm³/mol. The summed E-state index contributed by atoms with van der Waals surface area (Å²) in [6.45, 7) is 16.3. The van der Waals surface area contributed by atoms with Crippen molar-refractivity contribution in [2.24, 2.45) is 0 Å². The summed E-state index contributed by atoms with van der Waals surface area (Å²) >= 11 is 0. The minimum atomic E-state index is -1.46. The second kappa shape index (κ2) is 17.0. The average Bonchev–Trinajstić information content (AvgIpc) is 3.89. The quantitative estimate of drug-likeness (QED) is 0.0773. The van der Waals surface area contributed by atoms with E-state index in [2.05, 4.69) is 10.6 Å². The number of ether oxygens (including phenoxy) is 3. The van der Waals surface area contributed by atoms with E-state index in [0.717, 1.165) is 21.4 Å². The van der Waals surface area contributed by atoms with Crippen molar-refractivity contribution in [3.05, 3.63) is 113 Å². The lowest BCUT2D eigenvalue weighted by molar-refractivity contribution is -0.139. The van der Waals surface area contributed by atoms with Crippen LogP contribution in [-0.2, 0) is 52.9 Å². The lowest BCUT2D eigenvalue weighted by atomic mass is 9.72. The molecule has 0 aromatic heterocycles. The average molecular weight is 912 g/mol. The Morgan fingerprint density at radius 1 is 0.687 bits per heavy atom. The highest BCUT2D eigenvalue weighted by atomic mass is 16.7. The Morgan fingerprint density at radius 2 is 1.27 bits per heavy atom. The van der Waals surface area contributed by atoms with Crippen molar-refractivity contribution in [1.82, 2.24) is 10.2 Å². The van der Waals surface area contributed by atoms with Crippen LogP contribution in [0.5, 0.6) is 11.5 Å². The van der Waals surface area contributed by atoms with Gasteiger partial charge in [-0.25, -0.2) is 4.79 Å². The smallest absolute Gasteiger partial charge is 0.456 e.